The molecule has 34 heavy (non-hydrogen) atoms. The summed E-state index contributed by atoms with van der Waals surface area (Å²) in [6.45, 7) is 3.54. The van der Waals surface area contributed by atoms with E-state index in [9.17, 15) is 9.59 Å². The van der Waals surface area contributed by atoms with Crippen molar-refractivity contribution in [1.29, 1.82) is 0 Å². The highest BCUT2D eigenvalue weighted by molar-refractivity contribution is 7.14. The number of rotatable bonds is 7. The molecule has 2 amide bonds. The topological polar surface area (TPSA) is 62.3 Å². The Bertz CT molecular complexity index is 1280. The van der Waals surface area contributed by atoms with Gasteiger partial charge in [0.05, 0.1) is 17.4 Å². The third-order valence-corrected chi connectivity index (χ3v) is 6.11. The molecule has 0 aliphatic rings. The Morgan fingerprint density at radius 2 is 1.53 bits per heavy atom. The number of para-hydroxylation sites is 1. The van der Waals surface area contributed by atoms with E-state index in [0.717, 1.165) is 22.4 Å². The van der Waals surface area contributed by atoms with Gasteiger partial charge in [0, 0.05) is 18.4 Å². The SMILES string of the molecule is CC(=O)N(c1ccccc1)c1nc(/C=C/C(=O)NC(c2ccccc2)c2ccc(C)cc2)cs1. The van der Waals surface area contributed by atoms with Crippen LogP contribution < -0.4 is 10.2 Å². The van der Waals surface area contributed by atoms with Crippen LogP contribution in [0.5, 0.6) is 0 Å². The maximum atomic E-state index is 12.8. The highest BCUT2D eigenvalue weighted by Gasteiger charge is 2.18. The van der Waals surface area contributed by atoms with Crippen LogP contribution in [0.15, 0.2) is 96.4 Å². The summed E-state index contributed by atoms with van der Waals surface area (Å²) in [5.74, 6) is -0.354. The van der Waals surface area contributed by atoms with Gasteiger partial charge >= 0.3 is 0 Å². The largest absolute Gasteiger partial charge is 0.342 e. The molecule has 0 aliphatic carbocycles. The molecular formula is C28H25N3O2S. The van der Waals surface area contributed by atoms with Crippen molar-refractivity contribution in [2.45, 2.75) is 19.9 Å². The molecule has 1 N–H and O–H groups in total. The molecule has 6 heteroatoms. The van der Waals surface area contributed by atoms with Crippen molar-refractivity contribution in [3.05, 3.63) is 119 Å². The molecule has 0 aliphatic heterocycles. The number of anilines is 2. The molecule has 5 nitrogen and oxygen atoms in total. The van der Waals surface area contributed by atoms with Crippen LogP contribution in [0.4, 0.5) is 10.8 Å². The van der Waals surface area contributed by atoms with E-state index in [2.05, 4.69) is 10.3 Å². The van der Waals surface area contributed by atoms with Crippen molar-refractivity contribution in [3.8, 4) is 0 Å². The number of carbonyl (C=O) groups is 2. The first kappa shape index (κ1) is 23.1. The Labute approximate surface area is 203 Å². The summed E-state index contributed by atoms with van der Waals surface area (Å²) in [6, 6.07) is 27.1. The van der Waals surface area contributed by atoms with E-state index < -0.39 is 0 Å². The highest BCUT2D eigenvalue weighted by atomic mass is 32.1. The Hall–Kier alpha value is -4.03. The Morgan fingerprint density at radius 3 is 2.18 bits per heavy atom. The average molecular weight is 468 g/mol. The molecule has 0 saturated carbocycles. The van der Waals surface area contributed by atoms with Crippen molar-refractivity contribution in [3.63, 3.8) is 0 Å². The molecule has 4 rings (SSSR count). The quantitative estimate of drug-likeness (QED) is 0.336. The predicted molar refractivity (Wildman–Crippen MR) is 138 cm³/mol. The molecular weight excluding hydrogens is 442 g/mol. The molecule has 0 spiro atoms. The Morgan fingerprint density at radius 1 is 0.912 bits per heavy atom. The van der Waals surface area contributed by atoms with Gasteiger partial charge < -0.3 is 5.32 Å². The summed E-state index contributed by atoms with van der Waals surface area (Å²) in [6.07, 6.45) is 3.14. The van der Waals surface area contributed by atoms with E-state index in [1.165, 1.54) is 24.3 Å². The molecule has 1 unspecified atom stereocenters. The minimum Gasteiger partial charge on any atom is -0.342 e. The number of aryl methyl sites for hydroxylation is 1. The fourth-order valence-electron chi connectivity index (χ4n) is 3.57. The summed E-state index contributed by atoms with van der Waals surface area (Å²) in [4.78, 5) is 31.2. The third-order valence-electron chi connectivity index (χ3n) is 5.27. The number of nitrogens with zero attached hydrogens (tertiary/aromatic N) is 2. The van der Waals surface area contributed by atoms with Crippen LogP contribution >= 0.6 is 11.3 Å². The fourth-order valence-corrected chi connectivity index (χ4v) is 4.43. The first-order valence-electron chi connectivity index (χ1n) is 10.9. The van der Waals surface area contributed by atoms with E-state index in [1.807, 2.05) is 97.2 Å². The van der Waals surface area contributed by atoms with Gasteiger partial charge in [0.15, 0.2) is 5.13 Å². The lowest BCUT2D eigenvalue weighted by Crippen LogP contribution is -2.27. The molecule has 1 atom stereocenters. The average Bonchev–Trinajstić information content (AvgIpc) is 3.31. The second kappa shape index (κ2) is 10.7. The Kier molecular flexibility index (Phi) is 7.30. The number of carbonyl (C=O) groups excluding carboxylic acids is 2. The number of nitrogens with one attached hydrogen (secondary N) is 1. The van der Waals surface area contributed by atoms with Crippen LogP contribution in [0, 0.1) is 6.92 Å². The van der Waals surface area contributed by atoms with Crippen molar-refractivity contribution in [2.24, 2.45) is 0 Å². The minimum absolute atomic E-state index is 0.127. The van der Waals surface area contributed by atoms with Crippen LogP contribution in [0.25, 0.3) is 6.08 Å². The van der Waals surface area contributed by atoms with Gasteiger partial charge in [-0.2, -0.15) is 0 Å². The number of hydrogen-bond donors (Lipinski definition) is 1. The van der Waals surface area contributed by atoms with Crippen LogP contribution in [0.3, 0.4) is 0 Å². The van der Waals surface area contributed by atoms with Crippen LogP contribution in [0.1, 0.15) is 35.3 Å². The maximum Gasteiger partial charge on any atom is 0.244 e. The molecule has 0 saturated heterocycles. The van der Waals surface area contributed by atoms with Crippen molar-refractivity contribution in [1.82, 2.24) is 10.3 Å². The van der Waals surface area contributed by atoms with Gasteiger partial charge in [0.1, 0.15) is 0 Å². The first-order valence-corrected chi connectivity index (χ1v) is 11.8. The molecule has 0 radical (unpaired) electrons. The number of benzene rings is 3. The predicted octanol–water partition coefficient (Wildman–Crippen LogP) is 6.06. The number of hydrogen-bond acceptors (Lipinski definition) is 4. The van der Waals surface area contributed by atoms with Gasteiger partial charge in [0.2, 0.25) is 11.8 Å². The standard InChI is InChI=1S/C28H25N3O2S/c1-20-13-15-23(16-14-20)27(22-9-5-3-6-10-22)30-26(33)18-17-24-19-34-28(29-24)31(21(2)32)25-11-7-4-8-12-25/h3-19,27H,1-2H3,(H,30,33)/b18-17+. The zero-order chi connectivity index (χ0) is 23.9. The third kappa shape index (κ3) is 5.66. The van der Waals surface area contributed by atoms with Gasteiger partial charge in [-0.1, -0.05) is 78.4 Å². The van der Waals surface area contributed by atoms with E-state index in [0.29, 0.717) is 10.8 Å². The second-order valence-electron chi connectivity index (χ2n) is 7.84. The first-order chi connectivity index (χ1) is 16.5. The highest BCUT2D eigenvalue weighted by Crippen LogP contribution is 2.29. The molecule has 0 fully saturated rings. The Balaban J connectivity index is 1.51. The number of amides is 2. The lowest BCUT2D eigenvalue weighted by Gasteiger charge is -2.19. The zero-order valence-electron chi connectivity index (χ0n) is 19.0. The summed E-state index contributed by atoms with van der Waals surface area (Å²) < 4.78 is 0. The molecule has 3 aromatic carbocycles. The number of thiazole rings is 1. The monoisotopic (exact) mass is 467 g/mol. The van der Waals surface area contributed by atoms with Crippen LogP contribution in [-0.2, 0) is 9.59 Å². The normalized spacial score (nSPS) is 11.8. The summed E-state index contributed by atoms with van der Waals surface area (Å²) >= 11 is 1.35. The fraction of sp³-hybridized carbons (Fsp3) is 0.107. The smallest absolute Gasteiger partial charge is 0.244 e. The zero-order valence-corrected chi connectivity index (χ0v) is 19.8. The summed E-state index contributed by atoms with van der Waals surface area (Å²) in [7, 11) is 0. The molecule has 1 aromatic heterocycles. The van der Waals surface area contributed by atoms with E-state index in [1.54, 1.807) is 11.0 Å². The lowest BCUT2D eigenvalue weighted by atomic mass is 9.98. The van der Waals surface area contributed by atoms with Crippen LogP contribution in [0.2, 0.25) is 0 Å². The molecule has 170 valence electrons. The van der Waals surface area contributed by atoms with E-state index in [4.69, 9.17) is 0 Å². The van der Waals surface area contributed by atoms with Gasteiger partial charge in [-0.25, -0.2) is 4.98 Å². The maximum absolute atomic E-state index is 12.8. The molecule has 1 heterocycles. The molecule has 0 bridgehead atoms. The van der Waals surface area contributed by atoms with Gasteiger partial charge in [-0.15, -0.1) is 11.3 Å². The summed E-state index contributed by atoms with van der Waals surface area (Å²) in [5, 5.41) is 5.48. The van der Waals surface area contributed by atoms with Crippen LogP contribution in [-0.4, -0.2) is 16.8 Å². The van der Waals surface area contributed by atoms with Gasteiger partial charge in [-0.3, -0.25) is 14.5 Å². The van der Waals surface area contributed by atoms with Crippen molar-refractivity contribution >= 4 is 40.0 Å². The molecule has 4 aromatic rings. The second-order valence-corrected chi connectivity index (χ2v) is 8.68. The van der Waals surface area contributed by atoms with E-state index in [-0.39, 0.29) is 17.9 Å². The summed E-state index contributed by atoms with van der Waals surface area (Å²) in [5.41, 5.74) is 4.54. The van der Waals surface area contributed by atoms with E-state index >= 15 is 0 Å². The van der Waals surface area contributed by atoms with Gasteiger partial charge in [-0.05, 0) is 36.3 Å². The van der Waals surface area contributed by atoms with Crippen molar-refractivity contribution in [2.75, 3.05) is 4.90 Å². The minimum atomic E-state index is -0.267. The van der Waals surface area contributed by atoms with Crippen molar-refractivity contribution < 1.29 is 9.59 Å². The number of aromatic nitrogens is 1. The lowest BCUT2D eigenvalue weighted by molar-refractivity contribution is -0.117. The van der Waals surface area contributed by atoms with Gasteiger partial charge in [0.25, 0.3) is 0 Å².